The van der Waals surface area contributed by atoms with Gasteiger partial charge in [0.15, 0.2) is 0 Å². The molecule has 0 bridgehead atoms. The molecule has 288 valence electrons. The summed E-state index contributed by atoms with van der Waals surface area (Å²) in [6, 6.07) is 18.1. The minimum absolute atomic E-state index is 0.0321. The van der Waals surface area contributed by atoms with Gasteiger partial charge in [-0.3, -0.25) is 9.59 Å². The van der Waals surface area contributed by atoms with Crippen molar-refractivity contribution in [2.75, 3.05) is 26.4 Å². The number of hydrogen-bond donors (Lipinski definition) is 0. The fourth-order valence-corrected chi connectivity index (χ4v) is 5.20. The molecule has 10 nitrogen and oxygen atoms in total. The molecule has 3 rings (SSSR count). The zero-order valence-corrected chi connectivity index (χ0v) is 32.6. The van der Waals surface area contributed by atoms with Gasteiger partial charge in [-0.2, -0.15) is 0 Å². The van der Waals surface area contributed by atoms with Gasteiger partial charge in [-0.15, -0.1) is 0 Å². The topological polar surface area (TPSA) is 124 Å². The lowest BCUT2D eigenvalue weighted by molar-refractivity contribution is -0.154. The number of esters is 4. The van der Waals surface area contributed by atoms with Crippen LogP contribution in [-0.2, 0) is 19.1 Å². The lowest BCUT2D eigenvalue weighted by atomic mass is 9.72. The van der Waals surface area contributed by atoms with Crippen LogP contribution in [0.15, 0.2) is 66.7 Å². The summed E-state index contributed by atoms with van der Waals surface area (Å²) in [6.07, 6.45) is 3.96. The number of rotatable bonds is 19. The van der Waals surface area contributed by atoms with Crippen LogP contribution in [0.3, 0.4) is 0 Å². The molecule has 0 amide bonds. The van der Waals surface area contributed by atoms with Gasteiger partial charge in [-0.25, -0.2) is 9.59 Å². The number of hydrogen-bond acceptors (Lipinski definition) is 10. The van der Waals surface area contributed by atoms with Gasteiger partial charge in [0.2, 0.25) is 0 Å². The maximum Gasteiger partial charge on any atom is 0.343 e. The van der Waals surface area contributed by atoms with E-state index < -0.39 is 11.9 Å². The first kappa shape index (κ1) is 42.6. The summed E-state index contributed by atoms with van der Waals surface area (Å²) in [5.74, 6) is 0.289. The average molecular weight is 733 g/mol. The van der Waals surface area contributed by atoms with E-state index >= 15 is 0 Å². The van der Waals surface area contributed by atoms with Crippen molar-refractivity contribution in [2.24, 2.45) is 16.7 Å². The second-order valence-corrected chi connectivity index (χ2v) is 15.3. The highest BCUT2D eigenvalue weighted by Crippen LogP contribution is 2.37. The van der Waals surface area contributed by atoms with E-state index in [4.69, 9.17) is 28.4 Å². The molecule has 0 radical (unpaired) electrons. The van der Waals surface area contributed by atoms with Crippen molar-refractivity contribution in [1.29, 1.82) is 0 Å². The second-order valence-electron chi connectivity index (χ2n) is 15.3. The molecule has 0 saturated carbocycles. The largest absolute Gasteiger partial charge is 0.494 e. The number of carbonyl (C=O) groups is 4. The van der Waals surface area contributed by atoms with Gasteiger partial charge < -0.3 is 28.4 Å². The van der Waals surface area contributed by atoms with Crippen molar-refractivity contribution in [1.82, 2.24) is 0 Å². The van der Waals surface area contributed by atoms with Gasteiger partial charge in [0, 0.05) is 6.42 Å². The van der Waals surface area contributed by atoms with Crippen LogP contribution in [0.5, 0.6) is 23.0 Å². The van der Waals surface area contributed by atoms with Crippen LogP contribution in [0.25, 0.3) is 0 Å². The number of ether oxygens (including phenoxy) is 6. The van der Waals surface area contributed by atoms with Gasteiger partial charge in [0.1, 0.15) is 23.0 Å². The molecule has 0 fully saturated rings. The molecule has 10 heteroatoms. The molecule has 1 atom stereocenters. The highest BCUT2D eigenvalue weighted by Gasteiger charge is 2.35. The summed E-state index contributed by atoms with van der Waals surface area (Å²) in [5.41, 5.74) is 1.19. The molecule has 0 saturated heterocycles. The lowest BCUT2D eigenvalue weighted by Crippen LogP contribution is -2.33. The Balaban J connectivity index is 1.39. The predicted octanol–water partition coefficient (Wildman–Crippen LogP) is 9.35. The molecule has 3 aromatic carbocycles. The van der Waals surface area contributed by atoms with Crippen LogP contribution in [0.4, 0.5) is 0 Å². The Morgan fingerprint density at radius 2 is 1.08 bits per heavy atom. The minimum atomic E-state index is -0.537. The highest BCUT2D eigenvalue weighted by atomic mass is 16.5. The van der Waals surface area contributed by atoms with Crippen molar-refractivity contribution >= 4 is 23.9 Å². The Morgan fingerprint density at radius 1 is 0.604 bits per heavy atom. The van der Waals surface area contributed by atoms with Gasteiger partial charge in [-0.05, 0) is 122 Å². The summed E-state index contributed by atoms with van der Waals surface area (Å²) in [6.45, 7) is 17.8. The van der Waals surface area contributed by atoms with Crippen LogP contribution in [-0.4, -0.2) is 50.3 Å². The first-order chi connectivity index (χ1) is 25.1. The molecule has 3 aromatic rings. The Labute approximate surface area is 314 Å². The van der Waals surface area contributed by atoms with E-state index in [9.17, 15) is 19.2 Å². The summed E-state index contributed by atoms with van der Waals surface area (Å²) >= 11 is 0. The average Bonchev–Trinajstić information content (AvgIpc) is 3.10. The molecule has 0 aliphatic rings. The number of unbranched alkanes of at least 4 members (excludes halogenated alkanes) is 2. The molecule has 0 N–H and O–H groups in total. The van der Waals surface area contributed by atoms with E-state index in [1.54, 1.807) is 80.6 Å². The SMILES string of the molecule is CCC(=O)OCCCCOc1ccc(C(=O)Oc2ccc(OC(=O)c3ccc(OCCCCOC(=O)C(CC(C)(C)C)C(C)(C)C)cc3)cc2C)cc1. The number of carbonyl (C=O) groups excluding carboxylic acids is 4. The van der Waals surface area contributed by atoms with Crippen LogP contribution in [0.2, 0.25) is 0 Å². The second kappa shape index (κ2) is 20.4. The molecule has 53 heavy (non-hydrogen) atoms. The normalized spacial score (nSPS) is 12.0. The standard InChI is InChI=1S/C43H56O10/c1-9-38(44)50-26-12-10-24-48-34-20-16-32(17-21-34)40(46)53-37-23-22-35(28-30(37)2)52-39(45)31-14-18-33(19-15-31)49-25-11-13-27-51-41(47)36(43(6,7)8)29-42(3,4)5/h14-23,28,36H,9-13,24-27,29H2,1-8H3. The third-order valence-corrected chi connectivity index (χ3v) is 8.30. The van der Waals surface area contributed by atoms with E-state index in [-0.39, 0.29) is 28.7 Å². The Hall–Kier alpha value is -4.86. The van der Waals surface area contributed by atoms with Gasteiger partial charge >= 0.3 is 23.9 Å². The maximum absolute atomic E-state index is 12.8. The first-order valence-corrected chi connectivity index (χ1v) is 18.4. The van der Waals surface area contributed by atoms with Crippen molar-refractivity contribution in [3.05, 3.63) is 83.4 Å². The number of benzene rings is 3. The van der Waals surface area contributed by atoms with Gasteiger partial charge in [-0.1, -0.05) is 48.5 Å². The van der Waals surface area contributed by atoms with E-state index in [0.29, 0.717) is 91.8 Å². The Bertz CT molecular complexity index is 1630. The third kappa shape index (κ3) is 15.3. The summed E-state index contributed by atoms with van der Waals surface area (Å²) in [7, 11) is 0. The van der Waals surface area contributed by atoms with Crippen molar-refractivity contribution < 1.29 is 47.6 Å². The monoisotopic (exact) mass is 732 g/mol. The summed E-state index contributed by atoms with van der Waals surface area (Å²) in [4.78, 5) is 49.5. The molecule has 0 aromatic heterocycles. The predicted molar refractivity (Wildman–Crippen MR) is 203 cm³/mol. The first-order valence-electron chi connectivity index (χ1n) is 18.4. The molecule has 0 aliphatic heterocycles. The smallest absolute Gasteiger partial charge is 0.343 e. The van der Waals surface area contributed by atoms with E-state index in [2.05, 4.69) is 41.5 Å². The summed E-state index contributed by atoms with van der Waals surface area (Å²) < 4.78 is 33.3. The maximum atomic E-state index is 12.8. The van der Waals surface area contributed by atoms with E-state index in [0.717, 1.165) is 12.8 Å². The summed E-state index contributed by atoms with van der Waals surface area (Å²) in [5, 5.41) is 0. The van der Waals surface area contributed by atoms with Crippen LogP contribution in [0.1, 0.15) is 113 Å². The number of aryl methyl sites for hydroxylation is 1. The van der Waals surface area contributed by atoms with Gasteiger partial charge in [0.05, 0.1) is 43.5 Å². The quantitative estimate of drug-likeness (QED) is 0.0669. The van der Waals surface area contributed by atoms with Crippen molar-refractivity contribution in [3.8, 4) is 23.0 Å². The van der Waals surface area contributed by atoms with Crippen LogP contribution in [0, 0.1) is 23.7 Å². The van der Waals surface area contributed by atoms with Gasteiger partial charge in [0.25, 0.3) is 0 Å². The van der Waals surface area contributed by atoms with E-state index in [1.165, 1.54) is 0 Å². The fourth-order valence-electron chi connectivity index (χ4n) is 5.20. The molecular weight excluding hydrogens is 676 g/mol. The zero-order valence-electron chi connectivity index (χ0n) is 32.6. The molecule has 0 spiro atoms. The minimum Gasteiger partial charge on any atom is -0.494 e. The van der Waals surface area contributed by atoms with Crippen molar-refractivity contribution in [2.45, 2.75) is 93.9 Å². The molecule has 0 aliphatic carbocycles. The van der Waals surface area contributed by atoms with Crippen molar-refractivity contribution in [3.63, 3.8) is 0 Å². The van der Waals surface area contributed by atoms with E-state index in [1.807, 2.05) is 0 Å². The zero-order chi connectivity index (χ0) is 39.0. The van der Waals surface area contributed by atoms with Crippen LogP contribution < -0.4 is 18.9 Å². The Kier molecular flexibility index (Phi) is 16.4. The lowest BCUT2D eigenvalue weighted by Gasteiger charge is -2.33. The Morgan fingerprint density at radius 3 is 1.55 bits per heavy atom. The third-order valence-electron chi connectivity index (χ3n) is 8.30. The molecule has 1 unspecified atom stereocenters. The highest BCUT2D eigenvalue weighted by molar-refractivity contribution is 5.92. The molecular formula is C43H56O10. The van der Waals surface area contributed by atoms with Crippen LogP contribution >= 0.6 is 0 Å². The fraction of sp³-hybridized carbons (Fsp3) is 0.488. The molecule has 0 heterocycles.